The van der Waals surface area contributed by atoms with Crippen molar-refractivity contribution in [3.05, 3.63) is 36.8 Å². The van der Waals surface area contributed by atoms with Gasteiger partial charge in [0.1, 0.15) is 6.54 Å². The van der Waals surface area contributed by atoms with Gasteiger partial charge in [0.05, 0.1) is 7.11 Å². The van der Waals surface area contributed by atoms with Gasteiger partial charge in [-0.3, -0.25) is 9.55 Å². The summed E-state index contributed by atoms with van der Waals surface area (Å²) >= 11 is 0.871. The van der Waals surface area contributed by atoms with E-state index in [2.05, 4.69) is 25.1 Å². The van der Waals surface area contributed by atoms with Crippen LogP contribution in [0.3, 0.4) is 0 Å². The number of ether oxygens (including phenoxy) is 1. The van der Waals surface area contributed by atoms with E-state index < -0.39 is 12.7 Å². The average molecular weight is 368 g/mol. The summed E-state index contributed by atoms with van der Waals surface area (Å²) in [5.41, 5.74) is 0.477. The van der Waals surface area contributed by atoms with Crippen molar-refractivity contribution in [2.24, 2.45) is 0 Å². The first kappa shape index (κ1) is 17.1. The molecular formula is C14H11F3N6OS. The highest BCUT2D eigenvalue weighted by molar-refractivity contribution is 7.99. The highest BCUT2D eigenvalue weighted by Crippen LogP contribution is 2.31. The third-order valence-corrected chi connectivity index (χ3v) is 3.86. The second kappa shape index (κ2) is 7.05. The molecule has 130 valence electrons. The fourth-order valence-electron chi connectivity index (χ4n) is 1.97. The van der Waals surface area contributed by atoms with Gasteiger partial charge in [-0.2, -0.15) is 18.2 Å². The van der Waals surface area contributed by atoms with E-state index in [1.807, 2.05) is 0 Å². The Morgan fingerprint density at radius 3 is 2.56 bits per heavy atom. The first-order chi connectivity index (χ1) is 12.0. The number of hydrogen-bond donors (Lipinski definition) is 0. The smallest absolute Gasteiger partial charge is 0.406 e. The highest BCUT2D eigenvalue weighted by atomic mass is 32.2. The molecule has 0 amide bonds. The topological polar surface area (TPSA) is 78.6 Å². The zero-order valence-corrected chi connectivity index (χ0v) is 13.6. The van der Waals surface area contributed by atoms with Gasteiger partial charge in [0.2, 0.25) is 5.88 Å². The van der Waals surface area contributed by atoms with Crippen LogP contribution in [0.25, 0.3) is 11.4 Å². The van der Waals surface area contributed by atoms with E-state index in [-0.39, 0.29) is 16.1 Å². The lowest BCUT2D eigenvalue weighted by atomic mass is 10.2. The minimum atomic E-state index is -4.44. The molecule has 0 aliphatic rings. The molecular weight excluding hydrogens is 357 g/mol. The SMILES string of the molecule is COc1ccnc(Sc2nnc(-c3ccncc3)n2CC(F)(F)F)n1. The Kier molecular flexibility index (Phi) is 4.83. The molecule has 7 nitrogen and oxygen atoms in total. The monoisotopic (exact) mass is 368 g/mol. The van der Waals surface area contributed by atoms with Gasteiger partial charge in [-0.05, 0) is 23.9 Å². The van der Waals surface area contributed by atoms with Crippen LogP contribution in [0.5, 0.6) is 5.88 Å². The van der Waals surface area contributed by atoms with Gasteiger partial charge >= 0.3 is 6.18 Å². The molecule has 0 aromatic carbocycles. The summed E-state index contributed by atoms with van der Waals surface area (Å²) in [6, 6.07) is 4.66. The number of methoxy groups -OCH3 is 1. The lowest BCUT2D eigenvalue weighted by molar-refractivity contribution is -0.141. The normalized spacial score (nSPS) is 11.5. The zero-order chi connectivity index (χ0) is 17.9. The van der Waals surface area contributed by atoms with Crippen molar-refractivity contribution in [3.63, 3.8) is 0 Å². The Morgan fingerprint density at radius 2 is 1.88 bits per heavy atom. The van der Waals surface area contributed by atoms with E-state index in [9.17, 15) is 13.2 Å². The number of rotatable bonds is 5. The van der Waals surface area contributed by atoms with E-state index in [1.54, 1.807) is 12.1 Å². The molecule has 0 saturated heterocycles. The van der Waals surface area contributed by atoms with Gasteiger partial charge in [-0.25, -0.2) is 4.98 Å². The van der Waals surface area contributed by atoms with Crippen LogP contribution < -0.4 is 4.74 Å². The Morgan fingerprint density at radius 1 is 1.12 bits per heavy atom. The lowest BCUT2D eigenvalue weighted by Gasteiger charge is -2.12. The number of nitrogens with zero attached hydrogens (tertiary/aromatic N) is 6. The van der Waals surface area contributed by atoms with Crippen molar-refractivity contribution in [2.45, 2.75) is 23.0 Å². The molecule has 3 aromatic rings. The molecule has 25 heavy (non-hydrogen) atoms. The molecule has 3 aromatic heterocycles. The van der Waals surface area contributed by atoms with Crippen LogP contribution in [0.2, 0.25) is 0 Å². The van der Waals surface area contributed by atoms with Crippen LogP contribution in [0.4, 0.5) is 13.2 Å². The fourth-order valence-corrected chi connectivity index (χ4v) is 2.73. The number of pyridine rings is 1. The standard InChI is InChI=1S/C14H11F3N6OS/c1-24-10-4-7-19-12(20-10)25-13-22-21-11(9-2-5-18-6-3-9)23(13)8-14(15,16)17/h2-7H,8H2,1H3. The molecule has 0 radical (unpaired) electrons. The van der Waals surface area contributed by atoms with Gasteiger partial charge in [-0.1, -0.05) is 0 Å². The molecule has 3 heterocycles. The summed E-state index contributed by atoms with van der Waals surface area (Å²) in [5, 5.41) is 7.98. The predicted molar refractivity (Wildman–Crippen MR) is 82.0 cm³/mol. The molecule has 0 N–H and O–H groups in total. The first-order valence-electron chi connectivity index (χ1n) is 6.91. The van der Waals surface area contributed by atoms with Crippen molar-refractivity contribution in [1.29, 1.82) is 0 Å². The molecule has 0 spiro atoms. The molecule has 0 saturated carbocycles. The van der Waals surface area contributed by atoms with Crippen LogP contribution >= 0.6 is 11.8 Å². The Labute approximate surface area is 144 Å². The number of hydrogen-bond acceptors (Lipinski definition) is 7. The largest absolute Gasteiger partial charge is 0.481 e. The van der Waals surface area contributed by atoms with E-state index >= 15 is 0 Å². The van der Waals surface area contributed by atoms with Gasteiger partial charge in [0.15, 0.2) is 16.1 Å². The number of alkyl halides is 3. The van der Waals surface area contributed by atoms with Crippen LogP contribution in [0, 0.1) is 0 Å². The van der Waals surface area contributed by atoms with E-state index in [4.69, 9.17) is 4.74 Å². The van der Waals surface area contributed by atoms with Crippen LogP contribution in [-0.4, -0.2) is 43.0 Å². The molecule has 11 heteroatoms. The fraction of sp³-hybridized carbons (Fsp3) is 0.214. The van der Waals surface area contributed by atoms with Crippen LogP contribution in [0.1, 0.15) is 0 Å². The summed E-state index contributed by atoms with van der Waals surface area (Å²) in [7, 11) is 1.43. The first-order valence-corrected chi connectivity index (χ1v) is 7.73. The quantitative estimate of drug-likeness (QED) is 0.641. The summed E-state index contributed by atoms with van der Waals surface area (Å²) < 4.78 is 45.0. The van der Waals surface area contributed by atoms with Crippen molar-refractivity contribution in [2.75, 3.05) is 7.11 Å². The summed E-state index contributed by atoms with van der Waals surface area (Å²) in [6.07, 6.45) is -0.0447. The summed E-state index contributed by atoms with van der Waals surface area (Å²) in [5.74, 6) is 0.388. The molecule has 0 bridgehead atoms. The molecule has 0 atom stereocenters. The molecule has 0 aliphatic heterocycles. The van der Waals surface area contributed by atoms with E-state index in [0.717, 1.165) is 16.3 Å². The predicted octanol–water partition coefficient (Wildman–Crippen LogP) is 2.85. The maximum absolute atomic E-state index is 13.0. The second-order valence-electron chi connectivity index (χ2n) is 4.73. The molecule has 0 fully saturated rings. The molecule has 3 rings (SSSR count). The lowest BCUT2D eigenvalue weighted by Crippen LogP contribution is -2.19. The van der Waals surface area contributed by atoms with Crippen molar-refractivity contribution in [3.8, 4) is 17.3 Å². The van der Waals surface area contributed by atoms with Gasteiger partial charge in [0.25, 0.3) is 0 Å². The third kappa shape index (κ3) is 4.24. The minimum Gasteiger partial charge on any atom is -0.481 e. The number of halogens is 3. The average Bonchev–Trinajstić information content (AvgIpc) is 2.96. The van der Waals surface area contributed by atoms with Gasteiger partial charge in [-0.15, -0.1) is 10.2 Å². The number of aromatic nitrogens is 6. The Hall–Kier alpha value is -2.69. The summed E-state index contributed by atoms with van der Waals surface area (Å²) in [6.45, 7) is -1.23. The maximum Gasteiger partial charge on any atom is 0.406 e. The van der Waals surface area contributed by atoms with Crippen molar-refractivity contribution < 1.29 is 17.9 Å². The Bertz CT molecular complexity index is 855. The highest BCUT2D eigenvalue weighted by Gasteiger charge is 2.31. The minimum absolute atomic E-state index is 0.0254. The second-order valence-corrected chi connectivity index (χ2v) is 5.66. The Balaban J connectivity index is 1.99. The molecule has 0 aliphatic carbocycles. The maximum atomic E-state index is 13.0. The zero-order valence-electron chi connectivity index (χ0n) is 12.8. The van der Waals surface area contributed by atoms with Crippen molar-refractivity contribution >= 4 is 11.8 Å². The van der Waals surface area contributed by atoms with Crippen LogP contribution in [-0.2, 0) is 6.54 Å². The third-order valence-electron chi connectivity index (χ3n) is 2.99. The van der Waals surface area contributed by atoms with E-state index in [0.29, 0.717) is 11.4 Å². The van der Waals surface area contributed by atoms with Gasteiger partial charge < -0.3 is 4.74 Å². The molecule has 0 unspecified atom stereocenters. The summed E-state index contributed by atoms with van der Waals surface area (Å²) in [4.78, 5) is 11.9. The van der Waals surface area contributed by atoms with Crippen molar-refractivity contribution in [1.82, 2.24) is 29.7 Å². The van der Waals surface area contributed by atoms with Gasteiger partial charge in [0, 0.05) is 30.2 Å². The van der Waals surface area contributed by atoms with E-state index in [1.165, 1.54) is 31.8 Å². The van der Waals surface area contributed by atoms with Crippen LogP contribution in [0.15, 0.2) is 47.1 Å².